The van der Waals surface area contributed by atoms with Crippen molar-refractivity contribution in [3.8, 4) is 0 Å². The average Bonchev–Trinajstić information content (AvgIpc) is 2.57. The molecule has 0 amide bonds. The number of cyclic esters (lactones) is 1. The third-order valence-electron chi connectivity index (χ3n) is 1.99. The van der Waals surface area contributed by atoms with E-state index in [2.05, 4.69) is 16.1 Å². The van der Waals surface area contributed by atoms with Crippen molar-refractivity contribution >= 4 is 17.9 Å². The van der Waals surface area contributed by atoms with Crippen molar-refractivity contribution in [2.75, 3.05) is 13.2 Å². The van der Waals surface area contributed by atoms with Gasteiger partial charge in [0.1, 0.15) is 0 Å². The van der Waals surface area contributed by atoms with Crippen LogP contribution >= 0.6 is 0 Å². The van der Waals surface area contributed by atoms with Crippen molar-refractivity contribution in [3.63, 3.8) is 0 Å². The first-order valence-corrected chi connectivity index (χ1v) is 4.70. The molecule has 1 fully saturated rings. The number of ether oxygens (including phenoxy) is 3. The van der Waals surface area contributed by atoms with E-state index in [0.29, 0.717) is 0 Å². The second kappa shape index (κ2) is 5.29. The molecule has 0 bridgehead atoms. The molecule has 2 atom stereocenters. The number of esters is 3. The number of rotatable bonds is 4. The van der Waals surface area contributed by atoms with Crippen molar-refractivity contribution in [2.24, 2.45) is 5.92 Å². The molecule has 0 aliphatic carbocycles. The van der Waals surface area contributed by atoms with Crippen molar-refractivity contribution in [3.05, 3.63) is 12.7 Å². The molecule has 1 aliphatic rings. The van der Waals surface area contributed by atoms with E-state index in [1.54, 1.807) is 6.92 Å². The summed E-state index contributed by atoms with van der Waals surface area (Å²) in [6.45, 7) is 4.57. The van der Waals surface area contributed by atoms with Crippen LogP contribution in [-0.4, -0.2) is 37.2 Å². The highest BCUT2D eigenvalue weighted by atomic mass is 16.6. The van der Waals surface area contributed by atoms with E-state index in [1.807, 2.05) is 0 Å². The molecule has 6 nitrogen and oxygen atoms in total. The lowest BCUT2D eigenvalue weighted by molar-refractivity contribution is -0.166. The van der Waals surface area contributed by atoms with Crippen LogP contribution in [0.2, 0.25) is 0 Å². The SMILES string of the molecule is C=CC(=O)OCC(=O)OC1C(=O)OCC1C. The molecule has 1 saturated heterocycles. The van der Waals surface area contributed by atoms with E-state index in [1.165, 1.54) is 0 Å². The first kappa shape index (κ1) is 12.2. The van der Waals surface area contributed by atoms with E-state index in [9.17, 15) is 14.4 Å². The van der Waals surface area contributed by atoms with Gasteiger partial charge in [-0.25, -0.2) is 14.4 Å². The highest BCUT2D eigenvalue weighted by Gasteiger charge is 2.37. The van der Waals surface area contributed by atoms with Crippen LogP contribution in [0, 0.1) is 5.92 Å². The van der Waals surface area contributed by atoms with Gasteiger partial charge in [0.15, 0.2) is 6.61 Å². The third kappa shape index (κ3) is 3.08. The number of carbonyl (C=O) groups excluding carboxylic acids is 3. The lowest BCUT2D eigenvalue weighted by Gasteiger charge is -2.11. The van der Waals surface area contributed by atoms with E-state index >= 15 is 0 Å². The highest BCUT2D eigenvalue weighted by molar-refractivity contribution is 5.85. The number of carbonyl (C=O) groups is 3. The topological polar surface area (TPSA) is 78.9 Å². The standard InChI is InChI=1S/C10H12O6/c1-3-7(11)14-5-8(12)16-9-6(2)4-15-10(9)13/h3,6,9H,1,4-5H2,2H3. The lowest BCUT2D eigenvalue weighted by Crippen LogP contribution is -2.29. The van der Waals surface area contributed by atoms with Gasteiger partial charge in [0.25, 0.3) is 0 Å². The smallest absolute Gasteiger partial charge is 0.347 e. The fourth-order valence-electron chi connectivity index (χ4n) is 1.14. The second-order valence-electron chi connectivity index (χ2n) is 3.33. The van der Waals surface area contributed by atoms with Crippen LogP contribution in [0.3, 0.4) is 0 Å². The van der Waals surface area contributed by atoms with Gasteiger partial charge in [-0.3, -0.25) is 0 Å². The zero-order chi connectivity index (χ0) is 12.1. The van der Waals surface area contributed by atoms with Gasteiger partial charge < -0.3 is 14.2 Å². The molecule has 1 heterocycles. The molecule has 1 rings (SSSR count). The predicted molar refractivity (Wildman–Crippen MR) is 51.2 cm³/mol. The lowest BCUT2D eigenvalue weighted by atomic mass is 10.1. The van der Waals surface area contributed by atoms with Crippen molar-refractivity contribution in [1.29, 1.82) is 0 Å². The maximum absolute atomic E-state index is 11.2. The molecule has 0 aromatic carbocycles. The molecule has 0 aromatic heterocycles. The quantitative estimate of drug-likeness (QED) is 0.377. The summed E-state index contributed by atoms with van der Waals surface area (Å²) in [5.41, 5.74) is 0. The summed E-state index contributed by atoms with van der Waals surface area (Å²) in [7, 11) is 0. The Bertz CT molecular complexity index is 321. The monoisotopic (exact) mass is 228 g/mol. The van der Waals surface area contributed by atoms with Gasteiger partial charge in [0.2, 0.25) is 6.10 Å². The summed E-state index contributed by atoms with van der Waals surface area (Å²) >= 11 is 0. The Hall–Kier alpha value is -1.85. The van der Waals surface area contributed by atoms with Gasteiger partial charge >= 0.3 is 17.9 Å². The summed E-state index contributed by atoms with van der Waals surface area (Å²) in [5, 5.41) is 0. The minimum absolute atomic E-state index is 0.188. The molecule has 2 unspecified atom stereocenters. The van der Waals surface area contributed by atoms with Crippen LogP contribution in [0.5, 0.6) is 0 Å². The Morgan fingerprint density at radius 3 is 2.81 bits per heavy atom. The maximum atomic E-state index is 11.2. The fourth-order valence-corrected chi connectivity index (χ4v) is 1.14. The van der Waals surface area contributed by atoms with Crippen LogP contribution in [0.25, 0.3) is 0 Å². The summed E-state index contributed by atoms with van der Waals surface area (Å²) in [4.78, 5) is 32.9. The molecule has 0 radical (unpaired) electrons. The van der Waals surface area contributed by atoms with E-state index in [0.717, 1.165) is 6.08 Å². The van der Waals surface area contributed by atoms with Crippen LogP contribution in [-0.2, 0) is 28.6 Å². The Labute approximate surface area is 92.2 Å². The molecule has 0 N–H and O–H groups in total. The van der Waals surface area contributed by atoms with Gasteiger partial charge in [-0.15, -0.1) is 0 Å². The fraction of sp³-hybridized carbons (Fsp3) is 0.500. The summed E-state index contributed by atoms with van der Waals surface area (Å²) in [5.74, 6) is -2.27. The highest BCUT2D eigenvalue weighted by Crippen LogP contribution is 2.17. The van der Waals surface area contributed by atoms with E-state index in [-0.39, 0.29) is 12.5 Å². The van der Waals surface area contributed by atoms with E-state index < -0.39 is 30.6 Å². The van der Waals surface area contributed by atoms with Gasteiger partial charge in [-0.1, -0.05) is 13.5 Å². The largest absolute Gasteiger partial charge is 0.462 e. The molecular weight excluding hydrogens is 216 g/mol. The minimum Gasteiger partial charge on any atom is -0.462 e. The molecule has 0 aromatic rings. The molecule has 16 heavy (non-hydrogen) atoms. The summed E-state index contributed by atoms with van der Waals surface area (Å²) in [6, 6.07) is 0. The molecule has 0 spiro atoms. The van der Waals surface area contributed by atoms with Crippen LogP contribution in [0.15, 0.2) is 12.7 Å². The molecule has 0 saturated carbocycles. The van der Waals surface area contributed by atoms with Crippen LogP contribution in [0.1, 0.15) is 6.92 Å². The first-order valence-electron chi connectivity index (χ1n) is 4.70. The second-order valence-corrected chi connectivity index (χ2v) is 3.33. The summed E-state index contributed by atoms with van der Waals surface area (Å²) in [6.07, 6.45) is 0.0228. The van der Waals surface area contributed by atoms with Crippen molar-refractivity contribution in [2.45, 2.75) is 13.0 Å². The molecule has 6 heteroatoms. The van der Waals surface area contributed by atoms with Gasteiger partial charge in [0.05, 0.1) is 6.61 Å². The predicted octanol–water partition coefficient (Wildman–Crippen LogP) is -0.180. The van der Waals surface area contributed by atoms with E-state index in [4.69, 9.17) is 4.74 Å². The first-order chi connectivity index (χ1) is 7.54. The maximum Gasteiger partial charge on any atom is 0.347 e. The molecule has 88 valence electrons. The Balaban J connectivity index is 2.36. The molecule has 1 aliphatic heterocycles. The van der Waals surface area contributed by atoms with Gasteiger partial charge in [0, 0.05) is 12.0 Å². The molecular formula is C10H12O6. The Morgan fingerprint density at radius 1 is 1.62 bits per heavy atom. The number of hydrogen-bond donors (Lipinski definition) is 0. The minimum atomic E-state index is -0.907. The zero-order valence-corrected chi connectivity index (χ0v) is 8.80. The Kier molecular flexibility index (Phi) is 4.04. The average molecular weight is 228 g/mol. The number of hydrogen-bond acceptors (Lipinski definition) is 6. The van der Waals surface area contributed by atoms with Gasteiger partial charge in [-0.05, 0) is 0 Å². The van der Waals surface area contributed by atoms with Crippen molar-refractivity contribution < 1.29 is 28.6 Å². The van der Waals surface area contributed by atoms with Crippen LogP contribution in [0.4, 0.5) is 0 Å². The normalized spacial score (nSPS) is 23.4. The van der Waals surface area contributed by atoms with Gasteiger partial charge in [-0.2, -0.15) is 0 Å². The van der Waals surface area contributed by atoms with Crippen molar-refractivity contribution in [1.82, 2.24) is 0 Å². The third-order valence-corrected chi connectivity index (χ3v) is 1.99. The zero-order valence-electron chi connectivity index (χ0n) is 8.80. The van der Waals surface area contributed by atoms with Crippen LogP contribution < -0.4 is 0 Å². The Morgan fingerprint density at radius 2 is 2.31 bits per heavy atom. The summed E-state index contributed by atoms with van der Waals surface area (Å²) < 4.78 is 13.9.